The molecule has 0 radical (unpaired) electrons. The van der Waals surface area contributed by atoms with Gasteiger partial charge in [-0.2, -0.15) is 0 Å². The van der Waals surface area contributed by atoms with E-state index < -0.39 is 11.7 Å². The first-order chi connectivity index (χ1) is 31.2. The third-order valence-corrected chi connectivity index (χ3v) is 14.9. The van der Waals surface area contributed by atoms with Gasteiger partial charge in [0.25, 0.3) is 0 Å². The number of aryl methyl sites for hydroxylation is 2. The van der Waals surface area contributed by atoms with E-state index in [0.29, 0.717) is 13.1 Å². The molecule has 0 spiro atoms. The topological polar surface area (TPSA) is 131 Å². The lowest BCUT2D eigenvalue weighted by Gasteiger charge is -2.29. The number of hydrogen-bond donors (Lipinski definition) is 2. The van der Waals surface area contributed by atoms with Gasteiger partial charge in [0.15, 0.2) is 0 Å². The molecule has 0 unspecified atom stereocenters. The van der Waals surface area contributed by atoms with Crippen LogP contribution in [0.3, 0.4) is 0 Å². The number of alkyl carbamates (subject to hydrolysis) is 1. The molecule has 14 heteroatoms. The molecule has 65 heavy (non-hydrogen) atoms. The minimum absolute atomic E-state index is 0.129. The molecule has 4 aromatic rings. The summed E-state index contributed by atoms with van der Waals surface area (Å²) >= 11 is 16.3. The number of carbonyl (C=O) groups is 3. The van der Waals surface area contributed by atoms with Crippen molar-refractivity contribution in [2.24, 2.45) is 5.73 Å². The molecular formula is C51H60Cl2N6O4S2. The summed E-state index contributed by atoms with van der Waals surface area (Å²) in [6, 6.07) is 16.6. The summed E-state index contributed by atoms with van der Waals surface area (Å²) in [4.78, 5) is 51.7. The van der Waals surface area contributed by atoms with Crippen molar-refractivity contribution >= 4 is 75.8 Å². The monoisotopic (exact) mass is 954 g/mol. The Morgan fingerprint density at radius 2 is 1.12 bits per heavy atom. The maximum Gasteiger partial charge on any atom is 0.407 e. The Hall–Kier alpha value is -4.33. The number of pyridine rings is 2. The fourth-order valence-corrected chi connectivity index (χ4v) is 11.3. The van der Waals surface area contributed by atoms with Crippen LogP contribution in [0.2, 0.25) is 10.0 Å². The molecule has 344 valence electrons. The summed E-state index contributed by atoms with van der Waals surface area (Å²) in [5, 5.41) is 4.36. The van der Waals surface area contributed by atoms with E-state index in [1.807, 2.05) is 66.9 Å². The zero-order valence-corrected chi connectivity index (χ0v) is 41.3. The molecule has 2 aliphatic carbocycles. The van der Waals surface area contributed by atoms with Crippen molar-refractivity contribution in [3.63, 3.8) is 0 Å². The first-order valence-corrected chi connectivity index (χ1v) is 25.3. The van der Waals surface area contributed by atoms with E-state index in [-0.39, 0.29) is 11.8 Å². The van der Waals surface area contributed by atoms with Crippen LogP contribution in [0.15, 0.2) is 81.9 Å². The second kappa shape index (κ2) is 22.0. The average Bonchev–Trinajstić information content (AvgIpc) is 3.55. The molecule has 0 atom stereocenters. The molecule has 2 aromatic heterocycles. The molecule has 4 aliphatic rings. The number of benzene rings is 2. The quantitative estimate of drug-likeness (QED) is 0.137. The molecule has 2 aliphatic heterocycles. The van der Waals surface area contributed by atoms with E-state index in [2.05, 4.69) is 41.7 Å². The lowest BCUT2D eigenvalue weighted by atomic mass is 9.88. The number of nitrogens with two attached hydrogens (primary N) is 1. The Balaban J connectivity index is 0.000000198. The van der Waals surface area contributed by atoms with Gasteiger partial charge in [0, 0.05) is 108 Å². The number of nitrogens with one attached hydrogen (secondary N) is 1. The van der Waals surface area contributed by atoms with E-state index in [9.17, 15) is 14.4 Å². The van der Waals surface area contributed by atoms with Crippen LogP contribution in [-0.2, 0) is 40.0 Å². The number of halogens is 2. The van der Waals surface area contributed by atoms with Gasteiger partial charge in [-0.25, -0.2) is 4.79 Å². The number of aromatic nitrogens is 2. The lowest BCUT2D eigenvalue weighted by molar-refractivity contribution is -0.130. The summed E-state index contributed by atoms with van der Waals surface area (Å²) < 4.78 is 5.34. The Bertz CT molecular complexity index is 2480. The van der Waals surface area contributed by atoms with Gasteiger partial charge in [-0.15, -0.1) is 23.5 Å². The van der Waals surface area contributed by atoms with Gasteiger partial charge in [0.2, 0.25) is 11.8 Å². The molecule has 3 amide bonds. The number of piperidine rings is 2. The Morgan fingerprint density at radius 3 is 1.54 bits per heavy atom. The van der Waals surface area contributed by atoms with Crippen molar-refractivity contribution in [2.45, 2.75) is 101 Å². The number of thioether (sulfide) groups is 2. The van der Waals surface area contributed by atoms with Crippen molar-refractivity contribution in [1.29, 1.82) is 0 Å². The molecular weight excluding hydrogens is 896 g/mol. The number of rotatable bonds is 7. The number of ether oxygens (including phenoxy) is 1. The smallest absolute Gasteiger partial charge is 0.407 e. The zero-order valence-electron chi connectivity index (χ0n) is 38.2. The largest absolute Gasteiger partial charge is 0.444 e. The Labute approximate surface area is 402 Å². The molecule has 8 rings (SSSR count). The highest BCUT2D eigenvalue weighted by molar-refractivity contribution is 7.99. The van der Waals surface area contributed by atoms with E-state index in [1.54, 1.807) is 25.6 Å². The Kier molecular flexibility index (Phi) is 16.4. The normalized spacial score (nSPS) is 15.9. The summed E-state index contributed by atoms with van der Waals surface area (Å²) in [5.74, 6) is 1.91. The van der Waals surface area contributed by atoms with Gasteiger partial charge in [0.1, 0.15) is 5.60 Å². The van der Waals surface area contributed by atoms with E-state index in [4.69, 9.17) is 43.6 Å². The molecule has 2 aromatic carbocycles. The zero-order chi connectivity index (χ0) is 46.3. The van der Waals surface area contributed by atoms with E-state index >= 15 is 0 Å². The van der Waals surface area contributed by atoms with Crippen LogP contribution < -0.4 is 11.1 Å². The SMILES string of the molecule is CC(=O)N1CCC(=C2c3ccc(Cl)cc3CCc3c(SCCN)ccnc32)CC1.CC(=O)N1CCC(=C2c3ccc(Cl)cc3CCc3c(SCCNC(=O)OC(C)(C)C)ccnc32)CC1. The maximum absolute atomic E-state index is 12.0. The second-order valence-electron chi connectivity index (χ2n) is 17.8. The number of amides is 3. The molecule has 0 bridgehead atoms. The van der Waals surface area contributed by atoms with E-state index in [1.165, 1.54) is 65.5 Å². The number of fused-ring (bicyclic) bond motifs is 4. The van der Waals surface area contributed by atoms with Gasteiger partial charge in [-0.1, -0.05) is 46.5 Å². The Morgan fingerprint density at radius 1 is 0.677 bits per heavy atom. The van der Waals surface area contributed by atoms with Crippen LogP contribution in [0.4, 0.5) is 4.79 Å². The predicted octanol–water partition coefficient (Wildman–Crippen LogP) is 10.2. The van der Waals surface area contributed by atoms with Crippen molar-refractivity contribution in [3.05, 3.63) is 127 Å². The summed E-state index contributed by atoms with van der Waals surface area (Å²) in [6.07, 6.45) is 10.5. The van der Waals surface area contributed by atoms with Crippen molar-refractivity contribution < 1.29 is 19.1 Å². The van der Waals surface area contributed by atoms with Crippen molar-refractivity contribution in [3.8, 4) is 0 Å². The van der Waals surface area contributed by atoms with Crippen molar-refractivity contribution in [2.75, 3.05) is 50.8 Å². The van der Waals surface area contributed by atoms with Gasteiger partial charge in [0.05, 0.1) is 11.4 Å². The van der Waals surface area contributed by atoms with Crippen LogP contribution in [-0.4, -0.2) is 94.1 Å². The second-order valence-corrected chi connectivity index (χ2v) is 20.9. The molecule has 3 N–H and O–H groups in total. The number of hydrogen-bond acceptors (Lipinski definition) is 9. The fraction of sp³-hybridized carbons (Fsp3) is 0.431. The van der Waals surface area contributed by atoms with E-state index in [0.717, 1.165) is 110 Å². The molecule has 2 saturated heterocycles. The standard InChI is InChI=1S/C28H34ClN3O3S.C23H26ClN3OS/c1-18(33)32-14-10-19(11-15-32)25-22-8-6-21(29)17-20(22)5-7-23-24(9-12-30-26(23)25)36-16-13-31-27(34)35-28(2,3)4;1-15(28)27-11-7-16(8-12-27)22-19-5-3-18(24)14-17(19)2-4-20-21(29-13-9-25)6-10-26-23(20)22/h6,8-9,12,17H,5,7,10-11,13-16H2,1-4H3,(H,31,34);3,5-6,10,14H,2,4,7-9,11-13,25H2,1H3. The maximum atomic E-state index is 12.0. The van der Waals surface area contributed by atoms with Gasteiger partial charge in [-0.05, 0) is 142 Å². The van der Waals surface area contributed by atoms with Gasteiger partial charge in [-0.3, -0.25) is 19.6 Å². The lowest BCUT2D eigenvalue weighted by Crippen LogP contribution is -2.34. The highest BCUT2D eigenvalue weighted by Crippen LogP contribution is 2.43. The van der Waals surface area contributed by atoms with Crippen LogP contribution >= 0.6 is 46.7 Å². The highest BCUT2D eigenvalue weighted by Gasteiger charge is 2.29. The predicted molar refractivity (Wildman–Crippen MR) is 266 cm³/mol. The number of nitrogens with zero attached hydrogens (tertiary/aromatic N) is 4. The molecule has 10 nitrogen and oxygen atoms in total. The minimum atomic E-state index is -0.512. The van der Waals surface area contributed by atoms with Gasteiger partial charge < -0.3 is 25.6 Å². The van der Waals surface area contributed by atoms with Crippen LogP contribution in [0, 0.1) is 0 Å². The first kappa shape index (κ1) is 48.6. The van der Waals surface area contributed by atoms with Crippen molar-refractivity contribution in [1.82, 2.24) is 25.1 Å². The molecule has 2 fully saturated rings. The summed E-state index contributed by atoms with van der Waals surface area (Å²) in [7, 11) is 0. The molecule has 4 heterocycles. The number of carbonyl (C=O) groups excluding carboxylic acids is 3. The highest BCUT2D eigenvalue weighted by atomic mass is 35.5. The average molecular weight is 956 g/mol. The fourth-order valence-electron chi connectivity index (χ4n) is 9.13. The summed E-state index contributed by atoms with van der Waals surface area (Å²) in [5.41, 5.74) is 20.1. The third-order valence-electron chi connectivity index (χ3n) is 12.2. The van der Waals surface area contributed by atoms with Crippen LogP contribution in [0.5, 0.6) is 0 Å². The summed E-state index contributed by atoms with van der Waals surface area (Å²) in [6.45, 7) is 13.0. The number of likely N-dealkylation sites (tertiary alicyclic amines) is 2. The van der Waals surface area contributed by atoms with Crippen LogP contribution in [0.25, 0.3) is 11.1 Å². The minimum Gasteiger partial charge on any atom is -0.444 e. The van der Waals surface area contributed by atoms with Gasteiger partial charge >= 0.3 is 6.09 Å². The molecule has 0 saturated carbocycles. The van der Waals surface area contributed by atoms with Crippen LogP contribution in [0.1, 0.15) is 105 Å². The third kappa shape index (κ3) is 12.2. The first-order valence-electron chi connectivity index (χ1n) is 22.6.